The lowest BCUT2D eigenvalue weighted by atomic mass is 10.0. The average molecular weight is 1310 g/mol. The number of carbonyl (C=O) groups excluding carboxylic acids is 2. The van der Waals surface area contributed by atoms with Gasteiger partial charge in [0.25, 0.3) is 0 Å². The average Bonchev–Trinajstić information content (AvgIpc) is 2.14. The van der Waals surface area contributed by atoms with Crippen LogP contribution in [-0.2, 0) is 32.7 Å². The summed E-state index contributed by atoms with van der Waals surface area (Å²) in [6.45, 7) is 4.35. The van der Waals surface area contributed by atoms with E-state index in [-0.39, 0.29) is 25.6 Å². The number of rotatable bonds is 73. The minimum absolute atomic E-state index is 0.0302. The SMILES string of the molecule is CC/C=C\C/C=C\C/C=C\C/C=C\C/C=C\CCCCCCCCCCCCCC(=O)OC(COC(=O)CCCCCCCCCCCCCCCCCCCCCCCCCCCCCCC/C=C\C/C=C\CCCCCCC)COP(=O)(O)OCC[N+](C)(C)C. The fraction of sp³-hybridized carbons (Fsp3) is 0.805. The Kier molecular flexibility index (Phi) is 70.2. The van der Waals surface area contributed by atoms with Gasteiger partial charge in [0.2, 0.25) is 0 Å². The van der Waals surface area contributed by atoms with E-state index in [0.29, 0.717) is 23.9 Å². The van der Waals surface area contributed by atoms with Crippen molar-refractivity contribution < 1.29 is 42.1 Å². The fourth-order valence-electron chi connectivity index (χ4n) is 11.4. The first kappa shape index (κ1) is 89.2. The summed E-state index contributed by atoms with van der Waals surface area (Å²) < 4.78 is 34.8. The lowest BCUT2D eigenvalue weighted by Crippen LogP contribution is -2.37. The molecule has 0 aromatic rings. The molecule has 0 heterocycles. The van der Waals surface area contributed by atoms with E-state index in [4.69, 9.17) is 18.5 Å². The van der Waals surface area contributed by atoms with Crippen LogP contribution in [0.25, 0.3) is 0 Å². The number of ether oxygens (including phenoxy) is 2. The molecule has 0 bridgehead atoms. The Balaban J connectivity index is 3.90. The molecule has 0 aliphatic carbocycles. The zero-order valence-corrected chi connectivity index (χ0v) is 62.2. The van der Waals surface area contributed by atoms with E-state index in [0.717, 1.165) is 77.0 Å². The number of hydrogen-bond donors (Lipinski definition) is 1. The number of carbonyl (C=O) groups is 2. The Hall–Kier alpha value is -2.81. The fourth-order valence-corrected chi connectivity index (χ4v) is 12.2. The molecule has 0 spiro atoms. The van der Waals surface area contributed by atoms with Crippen LogP contribution in [0.3, 0.4) is 0 Å². The Morgan fingerprint density at radius 2 is 0.620 bits per heavy atom. The second-order valence-corrected chi connectivity index (χ2v) is 29.2. The molecular weight excluding hydrogens is 1160 g/mol. The Labute approximate surface area is 571 Å². The lowest BCUT2D eigenvalue weighted by molar-refractivity contribution is -0.870. The monoisotopic (exact) mass is 1310 g/mol. The van der Waals surface area contributed by atoms with Gasteiger partial charge in [0.05, 0.1) is 27.7 Å². The van der Waals surface area contributed by atoms with Gasteiger partial charge in [-0.3, -0.25) is 18.6 Å². The normalized spacial score (nSPS) is 13.5. The van der Waals surface area contributed by atoms with Gasteiger partial charge in [0.1, 0.15) is 19.8 Å². The van der Waals surface area contributed by atoms with Gasteiger partial charge in [-0.05, 0) is 89.9 Å². The third-order valence-corrected chi connectivity index (χ3v) is 18.4. The summed E-state index contributed by atoms with van der Waals surface area (Å²) >= 11 is 0. The van der Waals surface area contributed by atoms with Gasteiger partial charge < -0.3 is 18.9 Å². The smallest absolute Gasteiger partial charge is 0.462 e. The molecule has 2 unspecified atom stereocenters. The number of phosphoric ester groups is 1. The molecular formula is C82H151NO8P+. The van der Waals surface area contributed by atoms with Crippen molar-refractivity contribution in [1.82, 2.24) is 0 Å². The van der Waals surface area contributed by atoms with Crippen molar-refractivity contribution in [1.29, 1.82) is 0 Å². The van der Waals surface area contributed by atoms with Gasteiger partial charge in [-0.25, -0.2) is 4.57 Å². The molecule has 0 saturated heterocycles. The van der Waals surface area contributed by atoms with Crippen LogP contribution < -0.4 is 0 Å². The number of quaternary nitrogens is 1. The first-order valence-corrected chi connectivity index (χ1v) is 40.8. The molecule has 0 saturated carbocycles. The third kappa shape index (κ3) is 76.2. The molecule has 0 aromatic carbocycles. The van der Waals surface area contributed by atoms with E-state index < -0.39 is 26.5 Å². The van der Waals surface area contributed by atoms with Gasteiger partial charge in [-0.15, -0.1) is 0 Å². The van der Waals surface area contributed by atoms with E-state index in [1.165, 1.54) is 263 Å². The highest BCUT2D eigenvalue weighted by Crippen LogP contribution is 2.43. The van der Waals surface area contributed by atoms with Crippen molar-refractivity contribution in [3.63, 3.8) is 0 Å². The molecule has 9 nitrogen and oxygen atoms in total. The topological polar surface area (TPSA) is 108 Å². The molecule has 536 valence electrons. The van der Waals surface area contributed by atoms with Gasteiger partial charge >= 0.3 is 19.8 Å². The standard InChI is InChI=1S/C82H150NO8P/c1-6-8-10-12-14-16-18-20-22-24-26-28-30-32-34-35-36-37-38-39-40-41-42-43-44-45-46-47-49-50-52-54-56-58-60-62-64-66-68-70-72-74-81(84)88-78-80(79-90-92(86,87)89-77-76-83(3,4)5)91-82(85)75-73-71-69-67-65-63-61-59-57-55-53-51-48-33-31-29-27-25-23-21-19-17-15-13-11-9-7-2/h9,11,15,17-18,20-21,23-24,26-27,29,33,48,80H,6-8,10,12-14,16,19,22,25,28,30-32,34-47,49-79H2,1-5H3/p+1/b11-9-,17-15-,20-18-,23-21-,26-24-,29-27-,48-33-. The number of unbranched alkanes of at least 4 members (excludes halogenated alkanes) is 45. The second-order valence-electron chi connectivity index (χ2n) is 27.7. The van der Waals surface area contributed by atoms with Gasteiger partial charge in [0.15, 0.2) is 6.10 Å². The molecule has 1 N–H and O–H groups in total. The number of likely N-dealkylation sites (N-methyl/N-ethyl adjacent to an activating group) is 1. The zero-order valence-electron chi connectivity index (χ0n) is 61.3. The van der Waals surface area contributed by atoms with Crippen molar-refractivity contribution >= 4 is 19.8 Å². The van der Waals surface area contributed by atoms with E-state index in [1.807, 2.05) is 21.1 Å². The number of nitrogens with zero attached hydrogens (tertiary/aromatic N) is 1. The van der Waals surface area contributed by atoms with Gasteiger partial charge in [0, 0.05) is 12.8 Å². The highest BCUT2D eigenvalue weighted by molar-refractivity contribution is 7.47. The van der Waals surface area contributed by atoms with Crippen molar-refractivity contribution in [2.24, 2.45) is 0 Å². The zero-order chi connectivity index (χ0) is 66.9. The maximum absolute atomic E-state index is 12.9. The Morgan fingerprint density at radius 1 is 0.348 bits per heavy atom. The minimum Gasteiger partial charge on any atom is -0.462 e. The molecule has 0 radical (unpaired) electrons. The van der Waals surface area contributed by atoms with Crippen LogP contribution in [0.5, 0.6) is 0 Å². The summed E-state index contributed by atoms with van der Waals surface area (Å²) in [5, 5.41) is 0. The molecule has 10 heteroatoms. The van der Waals surface area contributed by atoms with Crippen LogP contribution in [0.4, 0.5) is 0 Å². The maximum atomic E-state index is 12.9. The highest BCUT2D eigenvalue weighted by atomic mass is 31.2. The number of hydrogen-bond acceptors (Lipinski definition) is 7. The quantitative estimate of drug-likeness (QED) is 0.0211. The van der Waals surface area contributed by atoms with Crippen molar-refractivity contribution in [3.8, 4) is 0 Å². The number of allylic oxidation sites excluding steroid dienone is 14. The summed E-state index contributed by atoms with van der Waals surface area (Å²) in [6, 6.07) is 0. The van der Waals surface area contributed by atoms with Crippen LogP contribution in [0.1, 0.15) is 373 Å². The number of esters is 2. The molecule has 0 aliphatic rings. The summed E-state index contributed by atoms with van der Waals surface area (Å²) in [5.74, 6) is -0.787. The molecule has 0 amide bonds. The summed E-state index contributed by atoms with van der Waals surface area (Å²) in [6.07, 6.45) is 100. The van der Waals surface area contributed by atoms with Crippen LogP contribution in [0, 0.1) is 0 Å². The predicted molar refractivity (Wildman–Crippen MR) is 399 cm³/mol. The number of phosphoric acid groups is 1. The minimum atomic E-state index is -4.40. The highest BCUT2D eigenvalue weighted by Gasteiger charge is 2.27. The van der Waals surface area contributed by atoms with Gasteiger partial charge in [-0.2, -0.15) is 0 Å². The van der Waals surface area contributed by atoms with E-state index in [1.54, 1.807) is 0 Å². The third-order valence-electron chi connectivity index (χ3n) is 17.4. The van der Waals surface area contributed by atoms with Crippen molar-refractivity contribution in [2.75, 3.05) is 47.5 Å². The van der Waals surface area contributed by atoms with E-state index in [2.05, 4.69) is 98.9 Å². The molecule has 92 heavy (non-hydrogen) atoms. The molecule has 0 rings (SSSR count). The van der Waals surface area contributed by atoms with Crippen LogP contribution in [-0.4, -0.2) is 74.9 Å². The summed E-state index contributed by atoms with van der Waals surface area (Å²) in [5.41, 5.74) is 0. The lowest BCUT2D eigenvalue weighted by Gasteiger charge is -2.24. The predicted octanol–water partition coefficient (Wildman–Crippen LogP) is 26.1. The van der Waals surface area contributed by atoms with Crippen LogP contribution >= 0.6 is 7.82 Å². The second kappa shape index (κ2) is 72.5. The van der Waals surface area contributed by atoms with E-state index in [9.17, 15) is 19.0 Å². The Morgan fingerprint density at radius 3 is 0.924 bits per heavy atom. The maximum Gasteiger partial charge on any atom is 0.472 e. The first-order chi connectivity index (χ1) is 45.0. The largest absolute Gasteiger partial charge is 0.472 e. The van der Waals surface area contributed by atoms with Crippen LogP contribution in [0.15, 0.2) is 85.1 Å². The molecule has 0 fully saturated rings. The Bertz CT molecular complexity index is 1830. The van der Waals surface area contributed by atoms with Crippen molar-refractivity contribution in [2.45, 2.75) is 380 Å². The summed E-state index contributed by atoms with van der Waals surface area (Å²) in [7, 11) is 1.48. The van der Waals surface area contributed by atoms with Crippen LogP contribution in [0.2, 0.25) is 0 Å². The van der Waals surface area contributed by atoms with Gasteiger partial charge in [-0.1, -0.05) is 356 Å². The van der Waals surface area contributed by atoms with E-state index >= 15 is 0 Å². The molecule has 0 aliphatic heterocycles. The summed E-state index contributed by atoms with van der Waals surface area (Å²) in [4.78, 5) is 35.9. The first-order valence-electron chi connectivity index (χ1n) is 39.3. The molecule has 0 aromatic heterocycles. The van der Waals surface area contributed by atoms with Crippen molar-refractivity contribution in [3.05, 3.63) is 85.1 Å². The molecule has 2 atom stereocenters.